The maximum absolute atomic E-state index is 6.35. The molecule has 0 amide bonds. The van der Waals surface area contributed by atoms with E-state index in [0.29, 0.717) is 0 Å². The summed E-state index contributed by atoms with van der Waals surface area (Å²) in [5.74, 6) is 1.98. The topological polar surface area (TPSA) is 12.5 Å². The maximum Gasteiger partial charge on any atom is 0.137 e. The molecule has 0 N–H and O–H groups in total. The van der Waals surface area contributed by atoms with Crippen molar-refractivity contribution in [2.45, 2.75) is 32.4 Å². The van der Waals surface area contributed by atoms with Crippen LogP contribution in [0, 0.1) is 12.8 Å². The Morgan fingerprint density at radius 2 is 2.19 bits per heavy atom. The minimum Gasteiger partial charge on any atom is -0.484 e. The normalized spacial score (nSPS) is 22.4. The van der Waals surface area contributed by atoms with Crippen molar-refractivity contribution in [3.63, 3.8) is 0 Å². The molecule has 1 atom stereocenters. The molecule has 1 aliphatic carbocycles. The van der Waals surface area contributed by atoms with E-state index in [2.05, 4.69) is 46.8 Å². The predicted molar refractivity (Wildman–Crippen MR) is 86.9 cm³/mol. The molecule has 2 aromatic rings. The van der Waals surface area contributed by atoms with Crippen LogP contribution in [0.1, 0.15) is 35.6 Å². The number of thiophene rings is 1. The molecule has 3 heteroatoms. The van der Waals surface area contributed by atoms with Crippen LogP contribution in [0.5, 0.6) is 5.75 Å². The molecule has 0 bridgehead atoms. The zero-order valence-electron chi connectivity index (χ0n) is 12.4. The van der Waals surface area contributed by atoms with Gasteiger partial charge in [-0.15, -0.1) is 0 Å². The first-order chi connectivity index (χ1) is 10.3. The average Bonchev–Trinajstić information content (AvgIpc) is 3.14. The number of benzene rings is 1. The molecule has 1 aromatic heterocycles. The third kappa shape index (κ3) is 2.99. The van der Waals surface area contributed by atoms with Gasteiger partial charge in [0, 0.05) is 30.8 Å². The van der Waals surface area contributed by atoms with Crippen LogP contribution in [0.25, 0.3) is 0 Å². The van der Waals surface area contributed by atoms with E-state index in [4.69, 9.17) is 4.74 Å². The highest BCUT2D eigenvalue weighted by molar-refractivity contribution is 7.07. The second-order valence-electron chi connectivity index (χ2n) is 6.41. The number of rotatable bonds is 3. The molecule has 1 fully saturated rings. The smallest absolute Gasteiger partial charge is 0.137 e. The van der Waals surface area contributed by atoms with Crippen LogP contribution in [-0.4, -0.2) is 18.0 Å². The summed E-state index contributed by atoms with van der Waals surface area (Å²) in [5, 5.41) is 4.37. The first-order valence-electron chi connectivity index (χ1n) is 7.78. The van der Waals surface area contributed by atoms with Crippen molar-refractivity contribution < 1.29 is 4.74 Å². The minimum absolute atomic E-state index is 0.166. The quantitative estimate of drug-likeness (QED) is 0.833. The van der Waals surface area contributed by atoms with Crippen LogP contribution in [0.3, 0.4) is 0 Å². The summed E-state index contributed by atoms with van der Waals surface area (Å²) in [5.41, 5.74) is 3.97. The van der Waals surface area contributed by atoms with E-state index < -0.39 is 0 Å². The molecule has 0 radical (unpaired) electrons. The van der Waals surface area contributed by atoms with Gasteiger partial charge in [0.2, 0.25) is 0 Å². The van der Waals surface area contributed by atoms with E-state index in [1.54, 1.807) is 11.3 Å². The van der Waals surface area contributed by atoms with E-state index in [9.17, 15) is 0 Å². The third-order valence-electron chi connectivity index (χ3n) is 4.43. The molecule has 2 heterocycles. The van der Waals surface area contributed by atoms with E-state index in [1.165, 1.54) is 36.1 Å². The van der Waals surface area contributed by atoms with Gasteiger partial charge in [-0.1, -0.05) is 17.7 Å². The van der Waals surface area contributed by atoms with Gasteiger partial charge >= 0.3 is 0 Å². The van der Waals surface area contributed by atoms with Crippen molar-refractivity contribution in [1.82, 2.24) is 4.90 Å². The second-order valence-corrected chi connectivity index (χ2v) is 7.19. The van der Waals surface area contributed by atoms with Crippen molar-refractivity contribution in [2.24, 2.45) is 5.92 Å². The lowest BCUT2D eigenvalue weighted by molar-refractivity contribution is 0.145. The molecule has 0 spiro atoms. The van der Waals surface area contributed by atoms with Crippen LogP contribution < -0.4 is 4.74 Å². The summed E-state index contributed by atoms with van der Waals surface area (Å²) in [6, 6.07) is 8.78. The van der Waals surface area contributed by atoms with Crippen molar-refractivity contribution in [2.75, 3.05) is 13.1 Å². The second kappa shape index (κ2) is 5.47. The Kier molecular flexibility index (Phi) is 3.48. The van der Waals surface area contributed by atoms with Crippen LogP contribution in [0.15, 0.2) is 35.0 Å². The molecule has 21 heavy (non-hydrogen) atoms. The molecule has 110 valence electrons. The van der Waals surface area contributed by atoms with Crippen molar-refractivity contribution in [3.8, 4) is 5.75 Å². The molecule has 1 aliphatic heterocycles. The Morgan fingerprint density at radius 3 is 2.95 bits per heavy atom. The van der Waals surface area contributed by atoms with Gasteiger partial charge in [-0.3, -0.25) is 4.90 Å². The van der Waals surface area contributed by atoms with Crippen LogP contribution in [0.2, 0.25) is 0 Å². The monoisotopic (exact) mass is 299 g/mol. The summed E-state index contributed by atoms with van der Waals surface area (Å²) in [7, 11) is 0. The van der Waals surface area contributed by atoms with E-state index in [1.807, 2.05) is 0 Å². The van der Waals surface area contributed by atoms with Crippen molar-refractivity contribution >= 4 is 11.3 Å². The number of nitrogens with zero attached hydrogens (tertiary/aromatic N) is 1. The third-order valence-corrected chi connectivity index (χ3v) is 5.13. The van der Waals surface area contributed by atoms with Crippen molar-refractivity contribution in [1.29, 1.82) is 0 Å². The summed E-state index contributed by atoms with van der Waals surface area (Å²) < 4.78 is 6.35. The average molecular weight is 299 g/mol. The highest BCUT2D eigenvalue weighted by Crippen LogP contribution is 2.35. The zero-order chi connectivity index (χ0) is 14.2. The first kappa shape index (κ1) is 13.4. The number of hydrogen-bond donors (Lipinski definition) is 0. The van der Waals surface area contributed by atoms with E-state index in [0.717, 1.165) is 24.8 Å². The molecule has 0 saturated heterocycles. The van der Waals surface area contributed by atoms with Gasteiger partial charge in [-0.05, 0) is 48.6 Å². The lowest BCUT2D eigenvalue weighted by atomic mass is 10.1. The van der Waals surface area contributed by atoms with Crippen LogP contribution in [0.4, 0.5) is 0 Å². The van der Waals surface area contributed by atoms with Gasteiger partial charge in [-0.2, -0.15) is 11.3 Å². The molecule has 0 unspecified atom stereocenters. The number of fused-ring (bicyclic) bond motifs is 1. The SMILES string of the molecule is Cc1ccc2c(c1)CN(CC1CC1)C[C@H](c1ccsc1)O2. The van der Waals surface area contributed by atoms with Gasteiger partial charge in [-0.25, -0.2) is 0 Å². The molecular weight excluding hydrogens is 278 g/mol. The Bertz CT molecular complexity index is 618. The Balaban J connectivity index is 1.65. The standard InChI is InChI=1S/C18H21NOS/c1-13-2-5-17-16(8-13)10-19(9-14-3-4-14)11-18(20-17)15-6-7-21-12-15/h2,5-8,12,14,18H,3-4,9-11H2,1H3/t18-/m1/s1. The number of ether oxygens (including phenoxy) is 1. The van der Waals surface area contributed by atoms with Gasteiger partial charge in [0.05, 0.1) is 0 Å². The van der Waals surface area contributed by atoms with Crippen molar-refractivity contribution in [3.05, 3.63) is 51.7 Å². The van der Waals surface area contributed by atoms with Gasteiger partial charge in [0.15, 0.2) is 0 Å². The lowest BCUT2D eigenvalue weighted by Crippen LogP contribution is -2.29. The minimum atomic E-state index is 0.166. The summed E-state index contributed by atoms with van der Waals surface area (Å²) in [6.07, 6.45) is 2.97. The van der Waals surface area contributed by atoms with Gasteiger partial charge in [0.25, 0.3) is 0 Å². The fraction of sp³-hybridized carbons (Fsp3) is 0.444. The highest BCUT2D eigenvalue weighted by Gasteiger charge is 2.29. The highest BCUT2D eigenvalue weighted by atomic mass is 32.1. The van der Waals surface area contributed by atoms with Crippen LogP contribution >= 0.6 is 11.3 Å². The maximum atomic E-state index is 6.35. The zero-order valence-corrected chi connectivity index (χ0v) is 13.2. The first-order valence-corrected chi connectivity index (χ1v) is 8.73. The Hall–Kier alpha value is -1.32. The van der Waals surface area contributed by atoms with Crippen LogP contribution in [-0.2, 0) is 6.54 Å². The lowest BCUT2D eigenvalue weighted by Gasteiger charge is -2.23. The molecule has 2 nitrogen and oxygen atoms in total. The Labute approximate surface area is 130 Å². The largest absolute Gasteiger partial charge is 0.484 e. The molecule has 4 rings (SSSR count). The number of aryl methyl sites for hydroxylation is 1. The van der Waals surface area contributed by atoms with Gasteiger partial charge in [0.1, 0.15) is 11.9 Å². The summed E-state index contributed by atoms with van der Waals surface area (Å²) >= 11 is 1.75. The van der Waals surface area contributed by atoms with E-state index in [-0.39, 0.29) is 6.10 Å². The molecule has 1 aromatic carbocycles. The predicted octanol–water partition coefficient (Wildman–Crippen LogP) is 4.40. The Morgan fingerprint density at radius 1 is 1.29 bits per heavy atom. The molecule has 1 saturated carbocycles. The fourth-order valence-corrected chi connectivity index (χ4v) is 3.82. The van der Waals surface area contributed by atoms with E-state index >= 15 is 0 Å². The fourth-order valence-electron chi connectivity index (χ4n) is 3.11. The molecule has 2 aliphatic rings. The molecular formula is C18H21NOS. The van der Waals surface area contributed by atoms with Gasteiger partial charge < -0.3 is 4.74 Å². The summed E-state index contributed by atoms with van der Waals surface area (Å²) in [6.45, 7) is 5.40. The number of hydrogen-bond acceptors (Lipinski definition) is 3. The summed E-state index contributed by atoms with van der Waals surface area (Å²) in [4.78, 5) is 2.59.